The van der Waals surface area contributed by atoms with E-state index in [2.05, 4.69) is 63.3 Å². The fourth-order valence-electron chi connectivity index (χ4n) is 5.97. The number of rotatable bonds is 40. The van der Waals surface area contributed by atoms with Crippen LogP contribution in [0.15, 0.2) is 97.2 Å². The van der Waals surface area contributed by atoms with E-state index in [0.29, 0.717) is 19.3 Å². The van der Waals surface area contributed by atoms with Crippen LogP contribution in [0.25, 0.3) is 0 Å². The maximum Gasteiger partial charge on any atom is 0.306 e. The number of ether oxygens (including phenoxy) is 3. The van der Waals surface area contributed by atoms with Gasteiger partial charge < -0.3 is 14.2 Å². The molecule has 0 aliphatic rings. The number of hydrogen-bond acceptors (Lipinski definition) is 6. The van der Waals surface area contributed by atoms with Crippen LogP contribution in [-0.2, 0) is 28.6 Å². The monoisotopic (exact) mass is 805 g/mol. The molecule has 0 bridgehead atoms. The highest BCUT2D eigenvalue weighted by Crippen LogP contribution is 2.13. The maximum absolute atomic E-state index is 12.7. The van der Waals surface area contributed by atoms with Gasteiger partial charge in [0.25, 0.3) is 0 Å². The predicted octanol–water partition coefficient (Wildman–Crippen LogP) is 15.0. The first-order valence-corrected chi connectivity index (χ1v) is 23.3. The van der Waals surface area contributed by atoms with Crippen molar-refractivity contribution in [3.63, 3.8) is 0 Å². The van der Waals surface area contributed by atoms with E-state index in [1.165, 1.54) is 64.2 Å². The lowest BCUT2D eigenvalue weighted by Crippen LogP contribution is -2.30. The number of allylic oxidation sites excluding steroid dienone is 16. The van der Waals surface area contributed by atoms with Crippen molar-refractivity contribution in [1.82, 2.24) is 0 Å². The zero-order valence-corrected chi connectivity index (χ0v) is 37.3. The molecule has 58 heavy (non-hydrogen) atoms. The van der Waals surface area contributed by atoms with Gasteiger partial charge in [0.1, 0.15) is 13.2 Å². The van der Waals surface area contributed by atoms with E-state index in [1.54, 1.807) is 0 Å². The Kier molecular flexibility index (Phi) is 43.1. The van der Waals surface area contributed by atoms with Crippen LogP contribution in [0.3, 0.4) is 0 Å². The standard InChI is InChI=1S/C52H84O6/c1-4-7-10-13-16-19-22-25-28-30-33-36-39-42-45-51(54)57-48-49(58-52(55)46-43-40-37-34-31-27-24-21-18-15-12-9-6-3)47-56-50(53)44-41-38-35-32-29-26-23-20-17-14-11-8-5-2/h7,9-10,12,15-16,18-19,21,24,26-27,29,31,34,37,49H,4-6,8,11,13-14,17,20,22-23,25,28,30,32-33,35-36,38-48H2,1-3H3/b10-7+,12-9+,18-15+,19-16+,24-21+,29-26+,31-27+,37-34+. The molecule has 1 atom stereocenters. The maximum atomic E-state index is 12.7. The molecule has 0 rings (SSSR count). The topological polar surface area (TPSA) is 78.9 Å². The van der Waals surface area contributed by atoms with E-state index in [4.69, 9.17) is 14.2 Å². The van der Waals surface area contributed by atoms with E-state index in [0.717, 1.165) is 83.5 Å². The van der Waals surface area contributed by atoms with Crippen LogP contribution < -0.4 is 0 Å². The van der Waals surface area contributed by atoms with E-state index in [-0.39, 0.29) is 31.6 Å². The highest BCUT2D eigenvalue weighted by atomic mass is 16.6. The van der Waals surface area contributed by atoms with Crippen LogP contribution in [0, 0.1) is 0 Å². The Balaban J connectivity index is 4.54. The summed E-state index contributed by atoms with van der Waals surface area (Å²) in [6, 6.07) is 0. The molecule has 6 heteroatoms. The van der Waals surface area contributed by atoms with Gasteiger partial charge in [0.05, 0.1) is 0 Å². The Labute approximate surface area is 356 Å². The second-order valence-electron chi connectivity index (χ2n) is 15.0. The minimum atomic E-state index is -0.823. The molecule has 0 saturated carbocycles. The minimum absolute atomic E-state index is 0.117. The average Bonchev–Trinajstić information content (AvgIpc) is 3.22. The van der Waals surface area contributed by atoms with Gasteiger partial charge in [-0.1, -0.05) is 189 Å². The molecular formula is C52H84O6. The first kappa shape index (κ1) is 54.3. The van der Waals surface area contributed by atoms with Crippen LogP contribution in [0.5, 0.6) is 0 Å². The van der Waals surface area contributed by atoms with E-state index >= 15 is 0 Å². The summed E-state index contributed by atoms with van der Waals surface area (Å²) in [6.45, 7) is 6.27. The molecule has 0 saturated heterocycles. The van der Waals surface area contributed by atoms with Gasteiger partial charge in [0.15, 0.2) is 6.10 Å². The highest BCUT2D eigenvalue weighted by Gasteiger charge is 2.19. The van der Waals surface area contributed by atoms with Crippen molar-refractivity contribution in [2.24, 2.45) is 0 Å². The summed E-state index contributed by atoms with van der Waals surface area (Å²) in [5.74, 6) is -1.02. The molecule has 6 nitrogen and oxygen atoms in total. The van der Waals surface area contributed by atoms with E-state index in [1.807, 2.05) is 54.7 Å². The quantitative estimate of drug-likeness (QED) is 0.0202. The second kappa shape index (κ2) is 46.0. The third-order valence-corrected chi connectivity index (χ3v) is 9.43. The summed E-state index contributed by atoms with van der Waals surface area (Å²) in [4.78, 5) is 37.8. The molecule has 0 aromatic heterocycles. The van der Waals surface area contributed by atoms with Crippen molar-refractivity contribution in [2.45, 2.75) is 200 Å². The summed E-state index contributed by atoms with van der Waals surface area (Å²) < 4.78 is 16.6. The number of esters is 3. The summed E-state index contributed by atoms with van der Waals surface area (Å²) in [7, 11) is 0. The molecule has 0 aliphatic carbocycles. The van der Waals surface area contributed by atoms with Crippen molar-refractivity contribution in [3.05, 3.63) is 97.2 Å². The fourth-order valence-corrected chi connectivity index (χ4v) is 5.97. The van der Waals surface area contributed by atoms with Gasteiger partial charge in [-0.15, -0.1) is 0 Å². The number of carbonyl (C=O) groups excluding carboxylic acids is 3. The lowest BCUT2D eigenvalue weighted by molar-refractivity contribution is -0.167. The van der Waals surface area contributed by atoms with Gasteiger partial charge >= 0.3 is 17.9 Å². The lowest BCUT2D eigenvalue weighted by Gasteiger charge is -2.18. The van der Waals surface area contributed by atoms with Crippen molar-refractivity contribution < 1.29 is 28.6 Å². The Bertz CT molecular complexity index is 1200. The normalized spacial score (nSPS) is 12.9. The van der Waals surface area contributed by atoms with Gasteiger partial charge in [0, 0.05) is 19.3 Å². The SMILES string of the molecule is CC/C=C/C=C/C=C/C=C/C=C/CCCC(=O)OC(COC(=O)CCCCC/C=C/CCCCCCCC)COC(=O)CCCCCCCCC/C=C/C/C=C/CC. The number of carbonyl (C=O) groups is 3. The molecule has 0 N–H and O–H groups in total. The summed E-state index contributed by atoms with van der Waals surface area (Å²) in [5, 5.41) is 0. The Morgan fingerprint density at radius 3 is 1.31 bits per heavy atom. The molecule has 0 aromatic carbocycles. The van der Waals surface area contributed by atoms with Gasteiger partial charge in [-0.2, -0.15) is 0 Å². The molecule has 328 valence electrons. The zero-order valence-electron chi connectivity index (χ0n) is 37.3. The molecule has 1 unspecified atom stereocenters. The largest absolute Gasteiger partial charge is 0.462 e. The van der Waals surface area contributed by atoms with Crippen LogP contribution in [0.1, 0.15) is 194 Å². The summed E-state index contributed by atoms with van der Waals surface area (Å²) in [6.07, 6.45) is 59.7. The van der Waals surface area contributed by atoms with Crippen LogP contribution in [0.2, 0.25) is 0 Å². The van der Waals surface area contributed by atoms with Gasteiger partial charge in [-0.05, 0) is 83.5 Å². The number of hydrogen-bond donors (Lipinski definition) is 0. The van der Waals surface area contributed by atoms with Crippen molar-refractivity contribution >= 4 is 17.9 Å². The van der Waals surface area contributed by atoms with Gasteiger partial charge in [0.2, 0.25) is 0 Å². The molecular weight excluding hydrogens is 721 g/mol. The van der Waals surface area contributed by atoms with Crippen molar-refractivity contribution in [3.8, 4) is 0 Å². The molecule has 0 heterocycles. The third-order valence-electron chi connectivity index (χ3n) is 9.43. The summed E-state index contributed by atoms with van der Waals surface area (Å²) in [5.41, 5.74) is 0. The molecule has 0 aliphatic heterocycles. The van der Waals surface area contributed by atoms with Crippen LogP contribution >= 0.6 is 0 Å². The summed E-state index contributed by atoms with van der Waals surface area (Å²) >= 11 is 0. The minimum Gasteiger partial charge on any atom is -0.462 e. The first-order valence-electron chi connectivity index (χ1n) is 23.3. The molecule has 0 radical (unpaired) electrons. The Morgan fingerprint density at radius 1 is 0.379 bits per heavy atom. The first-order chi connectivity index (χ1) is 28.5. The predicted molar refractivity (Wildman–Crippen MR) is 247 cm³/mol. The molecule has 0 aromatic rings. The van der Waals surface area contributed by atoms with Crippen LogP contribution in [0.4, 0.5) is 0 Å². The number of unbranched alkanes of at least 4 members (excludes halogenated alkanes) is 17. The molecule has 0 fully saturated rings. The lowest BCUT2D eigenvalue weighted by atomic mass is 10.1. The van der Waals surface area contributed by atoms with Crippen LogP contribution in [-0.4, -0.2) is 37.2 Å². The smallest absolute Gasteiger partial charge is 0.306 e. The fraction of sp³-hybridized carbons (Fsp3) is 0.635. The third kappa shape index (κ3) is 43.5. The molecule has 0 amide bonds. The van der Waals surface area contributed by atoms with Gasteiger partial charge in [-0.3, -0.25) is 14.4 Å². The highest BCUT2D eigenvalue weighted by molar-refractivity contribution is 5.71. The Hall–Kier alpha value is -3.67. The Morgan fingerprint density at radius 2 is 0.776 bits per heavy atom. The zero-order chi connectivity index (χ0) is 42.3. The van der Waals surface area contributed by atoms with E-state index in [9.17, 15) is 14.4 Å². The molecule has 0 spiro atoms. The average molecular weight is 805 g/mol. The van der Waals surface area contributed by atoms with Crippen molar-refractivity contribution in [2.75, 3.05) is 13.2 Å². The van der Waals surface area contributed by atoms with Crippen molar-refractivity contribution in [1.29, 1.82) is 0 Å². The van der Waals surface area contributed by atoms with E-state index < -0.39 is 12.1 Å². The second-order valence-corrected chi connectivity index (χ2v) is 15.0. The van der Waals surface area contributed by atoms with Gasteiger partial charge in [-0.25, -0.2) is 0 Å².